The van der Waals surface area contributed by atoms with Gasteiger partial charge in [-0.3, -0.25) is 4.79 Å². The van der Waals surface area contributed by atoms with Crippen molar-refractivity contribution in [1.29, 1.82) is 0 Å². The highest BCUT2D eigenvalue weighted by Crippen LogP contribution is 2.42. The van der Waals surface area contributed by atoms with Gasteiger partial charge in [0.1, 0.15) is 6.04 Å². The van der Waals surface area contributed by atoms with Gasteiger partial charge in [-0.1, -0.05) is 41.4 Å². The van der Waals surface area contributed by atoms with E-state index in [1.165, 1.54) is 11.0 Å². The molecule has 2 heterocycles. The molecule has 0 bridgehead atoms. The standard InChI is InChI=1S/C18H14N4O3S/c23-15-10-13(16-7-4-8-26-16)9-14(12-5-2-1-3-6-12)17(15)21-11-19-18(20-21)22(24)25/h1-8,10-11,14,17H,9H2/t14-,17-/m0/s1. The first kappa shape index (κ1) is 16.3. The molecule has 0 saturated carbocycles. The molecule has 0 unspecified atom stereocenters. The van der Waals surface area contributed by atoms with Crippen LogP contribution in [-0.4, -0.2) is 25.5 Å². The second-order valence-corrected chi connectivity index (χ2v) is 6.94. The number of ketones is 1. The fourth-order valence-corrected chi connectivity index (χ4v) is 4.05. The summed E-state index contributed by atoms with van der Waals surface area (Å²) in [6.45, 7) is 0. The summed E-state index contributed by atoms with van der Waals surface area (Å²) in [4.78, 5) is 27.9. The topological polar surface area (TPSA) is 90.9 Å². The van der Waals surface area contributed by atoms with E-state index in [0.717, 1.165) is 16.0 Å². The van der Waals surface area contributed by atoms with Crippen LogP contribution in [0.5, 0.6) is 0 Å². The van der Waals surface area contributed by atoms with Crippen molar-refractivity contribution in [3.05, 3.63) is 80.8 Å². The zero-order valence-electron chi connectivity index (χ0n) is 13.6. The summed E-state index contributed by atoms with van der Waals surface area (Å²) in [6.07, 6.45) is 3.54. The Balaban J connectivity index is 1.78. The van der Waals surface area contributed by atoms with Gasteiger partial charge in [-0.15, -0.1) is 11.3 Å². The highest BCUT2D eigenvalue weighted by Gasteiger charge is 2.38. The van der Waals surface area contributed by atoms with Crippen LogP contribution < -0.4 is 0 Å². The Labute approximate surface area is 152 Å². The van der Waals surface area contributed by atoms with E-state index in [4.69, 9.17) is 0 Å². The molecule has 0 saturated heterocycles. The lowest BCUT2D eigenvalue weighted by molar-refractivity contribution is -0.394. The molecule has 26 heavy (non-hydrogen) atoms. The zero-order valence-corrected chi connectivity index (χ0v) is 14.4. The summed E-state index contributed by atoms with van der Waals surface area (Å²) in [5, 5.41) is 16.8. The molecule has 3 aromatic rings. The van der Waals surface area contributed by atoms with Crippen LogP contribution in [0.25, 0.3) is 5.57 Å². The number of hydrogen-bond donors (Lipinski definition) is 0. The molecule has 0 amide bonds. The van der Waals surface area contributed by atoms with E-state index in [1.807, 2.05) is 47.8 Å². The average molecular weight is 366 g/mol. The van der Waals surface area contributed by atoms with Gasteiger partial charge < -0.3 is 10.1 Å². The molecule has 0 fully saturated rings. The molecule has 1 aliphatic carbocycles. The van der Waals surface area contributed by atoms with E-state index >= 15 is 0 Å². The lowest BCUT2D eigenvalue weighted by atomic mass is 9.79. The monoisotopic (exact) mass is 366 g/mol. The molecule has 0 aliphatic heterocycles. The first-order valence-electron chi connectivity index (χ1n) is 8.02. The summed E-state index contributed by atoms with van der Waals surface area (Å²) in [7, 11) is 0. The summed E-state index contributed by atoms with van der Waals surface area (Å²) in [6, 6.07) is 13.0. The number of thiophene rings is 1. The van der Waals surface area contributed by atoms with Crippen molar-refractivity contribution in [2.24, 2.45) is 0 Å². The molecule has 0 N–H and O–H groups in total. The average Bonchev–Trinajstić information content (AvgIpc) is 3.34. The molecular weight excluding hydrogens is 352 g/mol. The van der Waals surface area contributed by atoms with Crippen LogP contribution in [0, 0.1) is 10.1 Å². The zero-order chi connectivity index (χ0) is 18.1. The fourth-order valence-electron chi connectivity index (χ4n) is 3.29. The number of hydrogen-bond acceptors (Lipinski definition) is 6. The van der Waals surface area contributed by atoms with E-state index < -0.39 is 16.9 Å². The van der Waals surface area contributed by atoms with Crippen LogP contribution in [0.3, 0.4) is 0 Å². The number of rotatable bonds is 4. The van der Waals surface area contributed by atoms with Crippen LogP contribution in [0.4, 0.5) is 5.95 Å². The van der Waals surface area contributed by atoms with Crippen molar-refractivity contribution in [2.45, 2.75) is 18.4 Å². The number of carbonyl (C=O) groups is 1. The first-order chi connectivity index (χ1) is 12.6. The van der Waals surface area contributed by atoms with E-state index in [1.54, 1.807) is 17.4 Å². The van der Waals surface area contributed by atoms with Crippen molar-refractivity contribution >= 4 is 28.6 Å². The van der Waals surface area contributed by atoms with E-state index in [0.29, 0.717) is 6.42 Å². The molecule has 130 valence electrons. The minimum Gasteiger partial charge on any atom is -0.390 e. The van der Waals surface area contributed by atoms with Crippen molar-refractivity contribution in [3.8, 4) is 0 Å². The Bertz CT molecular complexity index is 979. The minimum absolute atomic E-state index is 0.131. The van der Waals surface area contributed by atoms with E-state index in [9.17, 15) is 14.9 Å². The van der Waals surface area contributed by atoms with Gasteiger partial charge in [0.05, 0.1) is 0 Å². The van der Waals surface area contributed by atoms with Gasteiger partial charge in [0.15, 0.2) is 5.78 Å². The maximum absolute atomic E-state index is 12.9. The number of aromatic nitrogens is 3. The van der Waals surface area contributed by atoms with E-state index in [2.05, 4.69) is 10.1 Å². The smallest absolute Gasteiger partial charge is 0.390 e. The highest BCUT2D eigenvalue weighted by atomic mass is 32.1. The number of allylic oxidation sites excluding steroid dienone is 2. The highest BCUT2D eigenvalue weighted by molar-refractivity contribution is 7.11. The second-order valence-electron chi connectivity index (χ2n) is 6.00. The predicted molar refractivity (Wildman–Crippen MR) is 96.8 cm³/mol. The Morgan fingerprint density at radius 2 is 2.00 bits per heavy atom. The Hall–Kier alpha value is -3.13. The van der Waals surface area contributed by atoms with Crippen molar-refractivity contribution in [2.75, 3.05) is 0 Å². The fraction of sp³-hybridized carbons (Fsp3) is 0.167. The Morgan fingerprint density at radius 3 is 2.65 bits per heavy atom. The normalized spacial score (nSPS) is 20.0. The number of nitro groups is 1. The molecule has 1 aromatic carbocycles. The summed E-state index contributed by atoms with van der Waals surface area (Å²) < 4.78 is 1.32. The minimum atomic E-state index is -0.658. The summed E-state index contributed by atoms with van der Waals surface area (Å²) in [5.74, 6) is -0.807. The second kappa shape index (κ2) is 6.64. The third kappa shape index (κ3) is 2.95. The van der Waals surface area contributed by atoms with Gasteiger partial charge in [-0.25, -0.2) is 0 Å². The molecule has 2 aromatic heterocycles. The SMILES string of the molecule is O=C1C=C(c2cccs2)C[C@@H](c2ccccc2)[C@@H]1n1cnc([N+](=O)[O-])n1. The molecule has 0 spiro atoms. The van der Waals surface area contributed by atoms with Crippen molar-refractivity contribution in [3.63, 3.8) is 0 Å². The first-order valence-corrected chi connectivity index (χ1v) is 8.90. The largest absolute Gasteiger partial charge is 0.490 e. The van der Waals surface area contributed by atoms with Gasteiger partial charge >= 0.3 is 5.95 Å². The van der Waals surface area contributed by atoms with Crippen LogP contribution in [0.1, 0.15) is 28.8 Å². The molecule has 4 rings (SSSR count). The predicted octanol–water partition coefficient (Wildman–Crippen LogP) is 3.63. The third-order valence-corrected chi connectivity index (χ3v) is 5.38. The molecule has 1 aliphatic rings. The summed E-state index contributed by atoms with van der Waals surface area (Å²) >= 11 is 1.59. The van der Waals surface area contributed by atoms with Crippen LogP contribution in [0.15, 0.2) is 60.2 Å². The van der Waals surface area contributed by atoms with E-state index in [-0.39, 0.29) is 11.7 Å². The molecule has 7 nitrogen and oxygen atoms in total. The molecule has 2 atom stereocenters. The lowest BCUT2D eigenvalue weighted by Crippen LogP contribution is -2.29. The van der Waals surface area contributed by atoms with Crippen molar-refractivity contribution in [1.82, 2.24) is 14.8 Å². The Kier molecular flexibility index (Phi) is 4.18. The van der Waals surface area contributed by atoms with Crippen LogP contribution in [0.2, 0.25) is 0 Å². The third-order valence-electron chi connectivity index (χ3n) is 4.44. The van der Waals surface area contributed by atoms with Gasteiger partial charge in [-0.2, -0.15) is 4.68 Å². The quantitative estimate of drug-likeness (QED) is 0.519. The molecule has 8 heteroatoms. The number of nitrogens with zero attached hydrogens (tertiary/aromatic N) is 4. The lowest BCUT2D eigenvalue weighted by Gasteiger charge is -2.29. The van der Waals surface area contributed by atoms with Gasteiger partial charge in [0, 0.05) is 15.9 Å². The van der Waals surface area contributed by atoms with Crippen molar-refractivity contribution < 1.29 is 9.72 Å². The van der Waals surface area contributed by atoms with Gasteiger partial charge in [0.2, 0.25) is 6.33 Å². The van der Waals surface area contributed by atoms with Crippen LogP contribution in [-0.2, 0) is 4.79 Å². The Morgan fingerprint density at radius 1 is 1.19 bits per heavy atom. The number of benzene rings is 1. The summed E-state index contributed by atoms with van der Waals surface area (Å²) in [5.41, 5.74) is 1.97. The van der Waals surface area contributed by atoms with Gasteiger partial charge in [-0.05, 0) is 40.0 Å². The molecular formula is C18H14N4O3S. The number of carbonyl (C=O) groups excluding carboxylic acids is 1. The van der Waals surface area contributed by atoms with Gasteiger partial charge in [0.25, 0.3) is 0 Å². The molecule has 0 radical (unpaired) electrons. The maximum atomic E-state index is 12.9. The van der Waals surface area contributed by atoms with Crippen LogP contribution >= 0.6 is 11.3 Å². The maximum Gasteiger partial charge on any atom is 0.490 e.